The third-order valence-electron chi connectivity index (χ3n) is 1.54. The van der Waals surface area contributed by atoms with Crippen LogP contribution in [0.25, 0.3) is 0 Å². The van der Waals surface area contributed by atoms with E-state index in [2.05, 4.69) is 36.5 Å². The van der Waals surface area contributed by atoms with Crippen molar-refractivity contribution in [3.8, 4) is 0 Å². The van der Waals surface area contributed by atoms with Crippen LogP contribution in [0.5, 0.6) is 0 Å². The number of rotatable bonds is 4. The number of carbonyl (C=O) groups excluding carboxylic acids is 1. The van der Waals surface area contributed by atoms with Gasteiger partial charge in [0, 0.05) is 19.2 Å². The molecule has 0 saturated heterocycles. The summed E-state index contributed by atoms with van der Waals surface area (Å²) in [5.41, 5.74) is 4.91. The molecule has 0 atom stereocenters. The highest BCUT2D eigenvalue weighted by molar-refractivity contribution is 9.10. The Labute approximate surface area is 95.8 Å². The van der Waals surface area contributed by atoms with Crippen LogP contribution in [0.4, 0.5) is 10.6 Å². The zero-order valence-corrected chi connectivity index (χ0v) is 9.84. The third kappa shape index (κ3) is 4.59. The number of urea groups is 1. The van der Waals surface area contributed by atoms with E-state index in [0.717, 1.165) is 4.60 Å². The van der Waals surface area contributed by atoms with Gasteiger partial charge in [-0.3, -0.25) is 0 Å². The number of halogens is 1. The lowest BCUT2D eigenvalue weighted by molar-refractivity contribution is 0.249. The predicted molar refractivity (Wildman–Crippen MR) is 60.5 cm³/mol. The molecule has 82 valence electrons. The fourth-order valence-corrected chi connectivity index (χ4v) is 1.47. The van der Waals surface area contributed by atoms with Gasteiger partial charge in [0.05, 0.1) is 0 Å². The van der Waals surface area contributed by atoms with E-state index in [9.17, 15) is 4.79 Å². The first-order chi connectivity index (χ1) is 7.08. The van der Waals surface area contributed by atoms with Crippen molar-refractivity contribution in [1.82, 2.24) is 15.3 Å². The molecule has 1 rings (SSSR count). The maximum Gasteiger partial charge on any atom is 0.312 e. The van der Waals surface area contributed by atoms with E-state index in [1.54, 1.807) is 13.0 Å². The number of carbonyl (C=O) groups is 1. The van der Waals surface area contributed by atoms with Crippen LogP contribution in [-0.2, 0) is 0 Å². The number of nitrogens with two attached hydrogens (primary N) is 1. The molecule has 0 aliphatic rings. The molecular weight excluding hydrogens is 262 g/mol. The summed E-state index contributed by atoms with van der Waals surface area (Å²) in [6.45, 7) is 2.82. The lowest BCUT2D eigenvalue weighted by Crippen LogP contribution is -2.33. The smallest absolute Gasteiger partial charge is 0.312 e. The highest BCUT2D eigenvalue weighted by atomic mass is 79.9. The van der Waals surface area contributed by atoms with E-state index < -0.39 is 6.03 Å². The summed E-state index contributed by atoms with van der Waals surface area (Å²) in [6.07, 6.45) is 0. The average Bonchev–Trinajstić information content (AvgIpc) is 2.10. The van der Waals surface area contributed by atoms with Crippen LogP contribution in [0.3, 0.4) is 0 Å². The molecule has 0 radical (unpaired) electrons. The summed E-state index contributed by atoms with van der Waals surface area (Å²) < 4.78 is 0.723. The van der Waals surface area contributed by atoms with Gasteiger partial charge in [-0.05, 0) is 22.9 Å². The number of nitrogens with zero attached hydrogens (tertiary/aromatic N) is 2. The minimum Gasteiger partial charge on any atom is -0.368 e. The highest BCUT2D eigenvalue weighted by Crippen LogP contribution is 2.11. The summed E-state index contributed by atoms with van der Waals surface area (Å²) in [4.78, 5) is 18.6. The number of aromatic nitrogens is 2. The molecule has 2 amide bonds. The van der Waals surface area contributed by atoms with E-state index in [1.807, 2.05) is 0 Å². The van der Waals surface area contributed by atoms with Gasteiger partial charge in [-0.2, -0.15) is 0 Å². The quantitative estimate of drug-likeness (QED) is 0.554. The number of aryl methyl sites for hydroxylation is 1. The second kappa shape index (κ2) is 5.50. The van der Waals surface area contributed by atoms with Gasteiger partial charge in [-0.15, -0.1) is 0 Å². The molecule has 6 nitrogen and oxygen atoms in total. The lowest BCUT2D eigenvalue weighted by atomic mass is 10.5. The minimum absolute atomic E-state index is 0.454. The number of hydrogen-bond donors (Lipinski definition) is 3. The molecule has 0 spiro atoms. The van der Waals surface area contributed by atoms with Crippen LogP contribution in [0, 0.1) is 6.92 Å². The Hall–Kier alpha value is -1.37. The Morgan fingerprint density at radius 3 is 2.87 bits per heavy atom. The van der Waals surface area contributed by atoms with Crippen molar-refractivity contribution < 1.29 is 4.79 Å². The molecule has 0 saturated carbocycles. The lowest BCUT2D eigenvalue weighted by Gasteiger charge is -2.06. The number of anilines is 1. The first-order valence-corrected chi connectivity index (χ1v) is 5.15. The Morgan fingerprint density at radius 1 is 1.53 bits per heavy atom. The molecule has 0 unspecified atom stereocenters. The Bertz CT molecular complexity index is 337. The molecule has 4 N–H and O–H groups in total. The monoisotopic (exact) mass is 273 g/mol. The molecule has 7 heteroatoms. The third-order valence-corrected chi connectivity index (χ3v) is 1.94. The molecule has 1 aromatic heterocycles. The van der Waals surface area contributed by atoms with Crippen molar-refractivity contribution in [2.24, 2.45) is 5.73 Å². The van der Waals surface area contributed by atoms with Gasteiger partial charge in [-0.1, -0.05) is 0 Å². The molecule has 1 heterocycles. The van der Waals surface area contributed by atoms with E-state index in [1.165, 1.54) is 0 Å². The van der Waals surface area contributed by atoms with E-state index in [0.29, 0.717) is 24.7 Å². The normalized spacial score (nSPS) is 9.73. The van der Waals surface area contributed by atoms with Crippen LogP contribution in [0.2, 0.25) is 0 Å². The Balaban J connectivity index is 2.40. The minimum atomic E-state index is -0.531. The summed E-state index contributed by atoms with van der Waals surface area (Å²) >= 11 is 3.26. The largest absolute Gasteiger partial charge is 0.368 e. The fourth-order valence-electron chi connectivity index (χ4n) is 0.998. The fraction of sp³-hybridized carbons (Fsp3) is 0.375. The molecule has 0 aromatic carbocycles. The van der Waals surface area contributed by atoms with Crippen LogP contribution in [-0.4, -0.2) is 29.1 Å². The first kappa shape index (κ1) is 11.7. The van der Waals surface area contributed by atoms with Crippen molar-refractivity contribution in [2.45, 2.75) is 6.92 Å². The van der Waals surface area contributed by atoms with Gasteiger partial charge in [0.15, 0.2) is 0 Å². The van der Waals surface area contributed by atoms with Crippen molar-refractivity contribution in [3.05, 3.63) is 16.5 Å². The molecule has 15 heavy (non-hydrogen) atoms. The van der Waals surface area contributed by atoms with Crippen LogP contribution in [0.1, 0.15) is 5.82 Å². The number of amides is 2. The zero-order chi connectivity index (χ0) is 11.3. The zero-order valence-electron chi connectivity index (χ0n) is 8.25. The molecule has 0 bridgehead atoms. The summed E-state index contributed by atoms with van der Waals surface area (Å²) in [5.74, 6) is 1.38. The Morgan fingerprint density at radius 2 is 2.27 bits per heavy atom. The van der Waals surface area contributed by atoms with Crippen molar-refractivity contribution in [2.75, 3.05) is 18.4 Å². The standard InChI is InChI=1S/C8H12BrN5O/c1-5-13-6(9)4-7(14-5)11-2-3-12-8(10)15/h4H,2-3H2,1H3,(H3,10,12,15)(H,11,13,14). The highest BCUT2D eigenvalue weighted by Gasteiger charge is 1.98. The second-order valence-electron chi connectivity index (χ2n) is 2.84. The number of hydrogen-bond acceptors (Lipinski definition) is 4. The van der Waals surface area contributed by atoms with E-state index in [4.69, 9.17) is 5.73 Å². The predicted octanol–water partition coefficient (Wildman–Crippen LogP) is 0.628. The molecule has 0 fully saturated rings. The van der Waals surface area contributed by atoms with E-state index >= 15 is 0 Å². The van der Waals surface area contributed by atoms with Gasteiger partial charge in [0.2, 0.25) is 0 Å². The van der Waals surface area contributed by atoms with Gasteiger partial charge in [0.1, 0.15) is 16.2 Å². The second-order valence-corrected chi connectivity index (χ2v) is 3.65. The summed E-state index contributed by atoms with van der Waals surface area (Å²) in [6, 6.07) is 1.23. The molecule has 0 aliphatic heterocycles. The SMILES string of the molecule is Cc1nc(Br)cc(NCCNC(N)=O)n1. The summed E-state index contributed by atoms with van der Waals surface area (Å²) in [5, 5.41) is 5.50. The molecular formula is C8H12BrN5O. The average molecular weight is 274 g/mol. The summed E-state index contributed by atoms with van der Waals surface area (Å²) in [7, 11) is 0. The van der Waals surface area contributed by atoms with Crippen molar-refractivity contribution in [3.63, 3.8) is 0 Å². The van der Waals surface area contributed by atoms with Crippen molar-refractivity contribution >= 4 is 27.8 Å². The van der Waals surface area contributed by atoms with Gasteiger partial charge in [-0.25, -0.2) is 14.8 Å². The molecule has 1 aromatic rings. The van der Waals surface area contributed by atoms with Crippen LogP contribution in [0.15, 0.2) is 10.7 Å². The number of nitrogens with one attached hydrogen (secondary N) is 2. The first-order valence-electron chi connectivity index (χ1n) is 4.36. The number of primary amides is 1. The Kier molecular flexibility index (Phi) is 4.29. The molecule has 0 aliphatic carbocycles. The topological polar surface area (TPSA) is 92.9 Å². The van der Waals surface area contributed by atoms with Crippen LogP contribution >= 0.6 is 15.9 Å². The van der Waals surface area contributed by atoms with Crippen LogP contribution < -0.4 is 16.4 Å². The van der Waals surface area contributed by atoms with Gasteiger partial charge < -0.3 is 16.4 Å². The maximum atomic E-state index is 10.4. The van der Waals surface area contributed by atoms with Gasteiger partial charge in [0.25, 0.3) is 0 Å². The maximum absolute atomic E-state index is 10.4. The van der Waals surface area contributed by atoms with E-state index in [-0.39, 0.29) is 0 Å². The van der Waals surface area contributed by atoms with Crippen molar-refractivity contribution in [1.29, 1.82) is 0 Å². The van der Waals surface area contributed by atoms with Gasteiger partial charge >= 0.3 is 6.03 Å².